The molecule has 1 aromatic rings. The zero-order chi connectivity index (χ0) is 12.6. The Hall–Kier alpha value is -0.790. The van der Waals surface area contributed by atoms with Crippen LogP contribution in [0, 0.1) is 5.41 Å². The number of carbonyl (C=O) groups excluding carboxylic acids is 1. The van der Waals surface area contributed by atoms with E-state index in [0.29, 0.717) is 14.9 Å². The highest BCUT2D eigenvalue weighted by Crippen LogP contribution is 2.35. The van der Waals surface area contributed by atoms with Gasteiger partial charge in [0.1, 0.15) is 5.75 Å². The number of carbonyl (C=O) groups is 1. The summed E-state index contributed by atoms with van der Waals surface area (Å²) >= 11 is 7.55. The summed E-state index contributed by atoms with van der Waals surface area (Å²) in [5.41, 5.74) is 0.513. The average molecular weight is 378 g/mol. The zero-order valence-corrected chi connectivity index (χ0v) is 12.2. The third-order valence-corrected chi connectivity index (χ3v) is 3.90. The Labute approximate surface area is 118 Å². The first kappa shape index (κ1) is 12.7. The van der Waals surface area contributed by atoms with Crippen molar-refractivity contribution in [1.29, 1.82) is 5.41 Å². The maximum Gasteiger partial charge on any atom is 0.264 e. The highest BCUT2D eigenvalue weighted by molar-refractivity contribution is 9.11. The Balaban J connectivity index is 2.46. The fourth-order valence-corrected chi connectivity index (χ4v) is 3.23. The van der Waals surface area contributed by atoms with Crippen LogP contribution in [0.25, 0.3) is 6.08 Å². The predicted molar refractivity (Wildman–Crippen MR) is 74.9 cm³/mol. The van der Waals surface area contributed by atoms with Gasteiger partial charge in [0.25, 0.3) is 5.91 Å². The van der Waals surface area contributed by atoms with E-state index in [4.69, 9.17) is 5.41 Å². The number of thioether (sulfide) groups is 1. The standard InChI is InChI=1S/C10H6Br2N2O2S/c11-5-1-4(8(15)6(12)3-5)2-7-9(16)14-10(13)17-7/h1-3,15H,(H2,13,14,16). The van der Waals surface area contributed by atoms with Crippen LogP contribution in [-0.4, -0.2) is 16.2 Å². The molecule has 88 valence electrons. The lowest BCUT2D eigenvalue weighted by atomic mass is 10.2. The molecule has 2 rings (SSSR count). The van der Waals surface area contributed by atoms with E-state index in [-0.39, 0.29) is 16.8 Å². The normalized spacial score (nSPS) is 17.6. The molecule has 1 aliphatic heterocycles. The molecular formula is C10H6Br2N2O2S. The maximum atomic E-state index is 11.4. The van der Waals surface area contributed by atoms with Crippen molar-refractivity contribution in [2.45, 2.75) is 0 Å². The van der Waals surface area contributed by atoms with Gasteiger partial charge in [-0.25, -0.2) is 0 Å². The van der Waals surface area contributed by atoms with E-state index >= 15 is 0 Å². The molecule has 0 unspecified atom stereocenters. The van der Waals surface area contributed by atoms with E-state index in [9.17, 15) is 9.90 Å². The molecule has 1 heterocycles. The van der Waals surface area contributed by atoms with Gasteiger partial charge in [0, 0.05) is 10.0 Å². The minimum Gasteiger partial charge on any atom is -0.506 e. The Morgan fingerprint density at radius 3 is 2.71 bits per heavy atom. The van der Waals surface area contributed by atoms with Gasteiger partial charge in [-0.3, -0.25) is 10.2 Å². The van der Waals surface area contributed by atoms with Gasteiger partial charge in [0.2, 0.25) is 0 Å². The number of aromatic hydroxyl groups is 1. The zero-order valence-electron chi connectivity index (χ0n) is 8.25. The first-order valence-electron chi connectivity index (χ1n) is 4.45. The summed E-state index contributed by atoms with van der Waals surface area (Å²) in [7, 11) is 0. The van der Waals surface area contributed by atoms with Crippen molar-refractivity contribution in [3.63, 3.8) is 0 Å². The van der Waals surface area contributed by atoms with Gasteiger partial charge >= 0.3 is 0 Å². The number of amides is 1. The molecule has 4 nitrogen and oxygen atoms in total. The molecule has 1 aliphatic rings. The van der Waals surface area contributed by atoms with E-state index in [2.05, 4.69) is 37.2 Å². The fourth-order valence-electron chi connectivity index (χ4n) is 1.28. The van der Waals surface area contributed by atoms with Crippen molar-refractivity contribution in [3.8, 4) is 5.75 Å². The monoisotopic (exact) mass is 376 g/mol. The number of rotatable bonds is 1. The molecule has 1 fully saturated rings. The molecule has 0 aromatic heterocycles. The minimum absolute atomic E-state index is 0.0625. The van der Waals surface area contributed by atoms with Crippen molar-refractivity contribution < 1.29 is 9.90 Å². The summed E-state index contributed by atoms with van der Waals surface area (Å²) in [5.74, 6) is -0.261. The average Bonchev–Trinajstić information content (AvgIpc) is 2.53. The van der Waals surface area contributed by atoms with Gasteiger partial charge in [0.05, 0.1) is 9.38 Å². The van der Waals surface area contributed by atoms with Crippen LogP contribution >= 0.6 is 43.6 Å². The third kappa shape index (κ3) is 2.72. The number of amidine groups is 1. The first-order valence-corrected chi connectivity index (χ1v) is 6.85. The van der Waals surface area contributed by atoms with Crippen LogP contribution in [0.5, 0.6) is 5.75 Å². The number of hydrogen-bond donors (Lipinski definition) is 3. The number of hydrogen-bond acceptors (Lipinski definition) is 4. The predicted octanol–water partition coefficient (Wildman–Crippen LogP) is 3.06. The largest absolute Gasteiger partial charge is 0.506 e. The highest BCUT2D eigenvalue weighted by atomic mass is 79.9. The second kappa shape index (κ2) is 4.83. The molecule has 0 aliphatic carbocycles. The topological polar surface area (TPSA) is 73.2 Å². The molecular weight excluding hydrogens is 372 g/mol. The van der Waals surface area contributed by atoms with E-state index in [0.717, 1.165) is 16.2 Å². The van der Waals surface area contributed by atoms with E-state index in [1.807, 2.05) is 0 Å². The Kier molecular flexibility index (Phi) is 3.60. The summed E-state index contributed by atoms with van der Waals surface area (Å²) in [6.45, 7) is 0. The minimum atomic E-state index is -0.324. The van der Waals surface area contributed by atoms with Crippen LogP contribution in [-0.2, 0) is 4.79 Å². The maximum absolute atomic E-state index is 11.4. The van der Waals surface area contributed by atoms with Crippen molar-refractivity contribution in [1.82, 2.24) is 5.32 Å². The summed E-state index contributed by atoms with van der Waals surface area (Å²) in [5, 5.41) is 19.6. The van der Waals surface area contributed by atoms with Crippen LogP contribution in [0.4, 0.5) is 0 Å². The van der Waals surface area contributed by atoms with Crippen molar-refractivity contribution in [2.75, 3.05) is 0 Å². The molecule has 17 heavy (non-hydrogen) atoms. The van der Waals surface area contributed by atoms with Crippen LogP contribution in [0.2, 0.25) is 0 Å². The van der Waals surface area contributed by atoms with Gasteiger partial charge in [-0.05, 0) is 45.9 Å². The van der Waals surface area contributed by atoms with Crippen molar-refractivity contribution in [2.24, 2.45) is 0 Å². The van der Waals surface area contributed by atoms with Gasteiger partial charge in [0.15, 0.2) is 5.17 Å². The number of benzene rings is 1. The summed E-state index contributed by atoms with van der Waals surface area (Å²) < 4.78 is 1.32. The van der Waals surface area contributed by atoms with Crippen LogP contribution < -0.4 is 5.32 Å². The lowest BCUT2D eigenvalue weighted by molar-refractivity contribution is -0.115. The number of nitrogens with one attached hydrogen (secondary N) is 2. The highest BCUT2D eigenvalue weighted by Gasteiger charge is 2.22. The molecule has 0 saturated carbocycles. The fraction of sp³-hybridized carbons (Fsp3) is 0. The Morgan fingerprint density at radius 2 is 2.12 bits per heavy atom. The molecule has 0 radical (unpaired) electrons. The second-order valence-electron chi connectivity index (χ2n) is 3.22. The molecule has 3 N–H and O–H groups in total. The smallest absolute Gasteiger partial charge is 0.264 e. The Bertz CT molecular complexity index is 557. The van der Waals surface area contributed by atoms with Gasteiger partial charge in [-0.15, -0.1) is 0 Å². The van der Waals surface area contributed by atoms with Crippen LogP contribution in [0.1, 0.15) is 5.56 Å². The molecule has 0 atom stereocenters. The van der Waals surface area contributed by atoms with Crippen LogP contribution in [0.15, 0.2) is 26.0 Å². The van der Waals surface area contributed by atoms with Gasteiger partial charge in [-0.1, -0.05) is 15.9 Å². The summed E-state index contributed by atoms with van der Waals surface area (Å²) in [6, 6.07) is 3.41. The van der Waals surface area contributed by atoms with E-state index < -0.39 is 0 Å². The second-order valence-corrected chi connectivity index (χ2v) is 6.04. The van der Waals surface area contributed by atoms with Gasteiger partial charge in [-0.2, -0.15) is 0 Å². The van der Waals surface area contributed by atoms with Crippen molar-refractivity contribution in [3.05, 3.63) is 31.5 Å². The lowest BCUT2D eigenvalue weighted by Crippen LogP contribution is -2.18. The Morgan fingerprint density at radius 1 is 1.41 bits per heavy atom. The third-order valence-electron chi connectivity index (χ3n) is 2.01. The van der Waals surface area contributed by atoms with Crippen molar-refractivity contribution >= 4 is 60.8 Å². The molecule has 1 saturated heterocycles. The molecule has 7 heteroatoms. The molecule has 0 bridgehead atoms. The first-order chi connectivity index (χ1) is 7.97. The van der Waals surface area contributed by atoms with Gasteiger partial charge < -0.3 is 10.4 Å². The SMILES string of the molecule is N=C1NC(=O)C(=Cc2cc(Br)cc(Br)c2O)S1. The number of phenols is 1. The molecule has 1 amide bonds. The number of halogens is 2. The molecule has 1 aromatic carbocycles. The van der Waals surface area contributed by atoms with E-state index in [1.165, 1.54) is 0 Å². The summed E-state index contributed by atoms with van der Waals surface area (Å²) in [6.07, 6.45) is 1.55. The van der Waals surface area contributed by atoms with E-state index in [1.54, 1.807) is 18.2 Å². The quantitative estimate of drug-likeness (QED) is 0.658. The summed E-state index contributed by atoms with van der Waals surface area (Å²) in [4.78, 5) is 11.8. The molecule has 0 spiro atoms. The van der Waals surface area contributed by atoms with Crippen LogP contribution in [0.3, 0.4) is 0 Å². The number of phenolic OH excluding ortho intramolecular Hbond substituents is 1. The lowest BCUT2D eigenvalue weighted by Gasteiger charge is -2.03.